The quantitative estimate of drug-likeness (QED) is 0.508. The van der Waals surface area contributed by atoms with E-state index in [9.17, 15) is 13.2 Å². The van der Waals surface area contributed by atoms with Gasteiger partial charge in [0.05, 0.1) is 0 Å². The zero-order chi connectivity index (χ0) is 17.1. The summed E-state index contributed by atoms with van der Waals surface area (Å²) in [5.74, 6) is -0.506. The van der Waals surface area contributed by atoms with E-state index < -0.39 is 17.5 Å². The number of hydrogen-bond acceptors (Lipinski definition) is 0. The van der Waals surface area contributed by atoms with Crippen LogP contribution in [-0.4, -0.2) is 0 Å². The molecule has 1 aliphatic carbocycles. The van der Waals surface area contributed by atoms with Crippen molar-refractivity contribution in [3.63, 3.8) is 0 Å². The molecule has 0 bridgehead atoms. The maximum atomic E-state index is 14.4. The molecule has 1 aliphatic rings. The van der Waals surface area contributed by atoms with E-state index >= 15 is 0 Å². The maximum Gasteiger partial charge on any atom is 3.00 e. The van der Waals surface area contributed by atoms with Crippen LogP contribution in [-0.2, 0) is 39.1 Å². The van der Waals surface area contributed by atoms with Gasteiger partial charge in [0.2, 0.25) is 0 Å². The number of halogens is 3. The minimum Gasteiger partial charge on any atom is -0.236 e. The zero-order valence-corrected chi connectivity index (χ0v) is 17.3. The predicted molar refractivity (Wildman–Crippen MR) is 90.0 cm³/mol. The molecule has 0 radical (unpaired) electrons. The number of benzene rings is 2. The topological polar surface area (TPSA) is 0 Å². The summed E-state index contributed by atoms with van der Waals surface area (Å²) >= 11 is 0. The Morgan fingerprint density at radius 3 is 2.20 bits per heavy atom. The van der Waals surface area contributed by atoms with Gasteiger partial charge in [-0.3, -0.25) is 0 Å². The van der Waals surface area contributed by atoms with Crippen LogP contribution in [0.5, 0.6) is 0 Å². The molecule has 0 heterocycles. The van der Waals surface area contributed by atoms with E-state index in [1.165, 1.54) is 31.7 Å². The first-order valence-electron chi connectivity index (χ1n) is 8.68. The second-order valence-electron chi connectivity index (χ2n) is 7.04. The molecule has 2 aromatic carbocycles. The Kier molecular flexibility index (Phi) is 7.70. The Hall–Kier alpha value is -0.666. The molecule has 0 N–H and O–H groups in total. The molecule has 0 aliphatic heterocycles. The van der Waals surface area contributed by atoms with Crippen molar-refractivity contribution in [1.29, 1.82) is 0 Å². The first kappa shape index (κ1) is 20.6. The van der Waals surface area contributed by atoms with Crippen LogP contribution in [0.3, 0.4) is 0 Å². The van der Waals surface area contributed by atoms with Crippen LogP contribution in [0.1, 0.15) is 44.6 Å². The van der Waals surface area contributed by atoms with E-state index in [0.29, 0.717) is 0 Å². The van der Waals surface area contributed by atoms with Crippen molar-refractivity contribution in [1.82, 2.24) is 0 Å². The van der Waals surface area contributed by atoms with Gasteiger partial charge in [0.1, 0.15) is 5.82 Å². The molecule has 0 amide bonds. The standard InChI is InChI=1S/C21H22F3.Y/c1-14-2-4-15(5-3-14)6-7-16-8-9-20(21(24)10-16)17-11-18(22)13-19(23)12-17;/h8-12,14-15H,2-7H2,1H3;/q-1;+3. The van der Waals surface area contributed by atoms with Gasteiger partial charge in [0, 0.05) is 11.6 Å². The summed E-state index contributed by atoms with van der Waals surface area (Å²) in [5, 5.41) is 0. The molecule has 0 atom stereocenters. The molecule has 4 heteroatoms. The molecule has 2 aromatic rings. The Labute approximate surface area is 173 Å². The van der Waals surface area contributed by atoms with Crippen LogP contribution in [0.25, 0.3) is 11.1 Å². The third-order valence-corrected chi connectivity index (χ3v) is 5.12. The number of hydrogen-bond donors (Lipinski definition) is 0. The summed E-state index contributed by atoms with van der Waals surface area (Å²) in [7, 11) is 0. The largest absolute Gasteiger partial charge is 3.00 e. The van der Waals surface area contributed by atoms with Gasteiger partial charge in [-0.05, 0) is 41.9 Å². The van der Waals surface area contributed by atoms with Crippen molar-refractivity contribution in [2.45, 2.75) is 45.4 Å². The van der Waals surface area contributed by atoms with Crippen LogP contribution >= 0.6 is 0 Å². The first-order chi connectivity index (χ1) is 11.5. The van der Waals surface area contributed by atoms with Gasteiger partial charge in [-0.2, -0.15) is 0 Å². The minimum atomic E-state index is -0.819. The minimum absolute atomic E-state index is 0. The summed E-state index contributed by atoms with van der Waals surface area (Å²) in [6.07, 6.45) is 7.04. The van der Waals surface area contributed by atoms with E-state index in [4.69, 9.17) is 0 Å². The maximum absolute atomic E-state index is 14.4. The zero-order valence-electron chi connectivity index (χ0n) is 14.5. The van der Waals surface area contributed by atoms with Crippen LogP contribution in [0, 0.1) is 35.4 Å². The van der Waals surface area contributed by atoms with Gasteiger partial charge in [-0.1, -0.05) is 44.7 Å². The SMILES string of the molecule is CC1CCC(CCc2ccc(-c3cc(F)[c-]c(F)c3)c(F)c2)CC1.[Y+3]. The summed E-state index contributed by atoms with van der Waals surface area (Å²) in [6.45, 7) is 2.30. The fraction of sp³-hybridized carbons (Fsp3) is 0.429. The Balaban J connectivity index is 0.00000225. The molecule has 0 saturated heterocycles. The van der Waals surface area contributed by atoms with E-state index in [1.54, 1.807) is 6.07 Å². The second kappa shape index (κ2) is 9.32. The van der Waals surface area contributed by atoms with Crippen LogP contribution in [0.2, 0.25) is 0 Å². The summed E-state index contributed by atoms with van der Waals surface area (Å²) < 4.78 is 40.9. The van der Waals surface area contributed by atoms with E-state index in [-0.39, 0.29) is 43.8 Å². The van der Waals surface area contributed by atoms with Crippen LogP contribution in [0.15, 0.2) is 30.3 Å². The average molecular weight is 420 g/mol. The molecule has 3 rings (SSSR count). The number of aryl methyl sites for hydroxylation is 1. The normalized spacial score (nSPS) is 20.2. The molecule has 0 aromatic heterocycles. The summed E-state index contributed by atoms with van der Waals surface area (Å²) in [4.78, 5) is 0. The molecular formula is C21H22F3Y+2. The van der Waals surface area contributed by atoms with Crippen molar-refractivity contribution in [2.24, 2.45) is 11.8 Å². The molecule has 0 unspecified atom stereocenters. The second-order valence-corrected chi connectivity index (χ2v) is 7.04. The van der Waals surface area contributed by atoms with Gasteiger partial charge in [0.15, 0.2) is 0 Å². The van der Waals surface area contributed by atoms with Gasteiger partial charge in [-0.15, -0.1) is 23.8 Å². The summed E-state index contributed by atoms with van der Waals surface area (Å²) in [5.41, 5.74) is 1.37. The van der Waals surface area contributed by atoms with Gasteiger partial charge >= 0.3 is 32.7 Å². The fourth-order valence-electron chi connectivity index (χ4n) is 3.59. The van der Waals surface area contributed by atoms with Crippen molar-refractivity contribution in [3.8, 4) is 11.1 Å². The van der Waals surface area contributed by atoms with Crippen molar-refractivity contribution >= 4 is 0 Å². The van der Waals surface area contributed by atoms with Crippen LogP contribution < -0.4 is 0 Å². The fourth-order valence-corrected chi connectivity index (χ4v) is 3.59. The molecule has 0 nitrogen and oxygen atoms in total. The van der Waals surface area contributed by atoms with E-state index in [1.807, 2.05) is 12.1 Å². The Morgan fingerprint density at radius 1 is 0.960 bits per heavy atom. The van der Waals surface area contributed by atoms with Crippen molar-refractivity contribution < 1.29 is 45.9 Å². The molecule has 25 heavy (non-hydrogen) atoms. The van der Waals surface area contributed by atoms with Crippen molar-refractivity contribution in [3.05, 3.63) is 59.4 Å². The van der Waals surface area contributed by atoms with E-state index in [0.717, 1.165) is 42.4 Å². The van der Waals surface area contributed by atoms with Crippen molar-refractivity contribution in [2.75, 3.05) is 0 Å². The smallest absolute Gasteiger partial charge is 0.236 e. The molecule has 128 valence electrons. The first-order valence-corrected chi connectivity index (χ1v) is 8.68. The summed E-state index contributed by atoms with van der Waals surface area (Å²) in [6, 6.07) is 9.08. The molecular weight excluding hydrogens is 398 g/mol. The average Bonchev–Trinajstić information content (AvgIpc) is 2.53. The predicted octanol–water partition coefficient (Wildman–Crippen LogP) is 6.33. The Bertz CT molecular complexity index is 686. The van der Waals surface area contributed by atoms with Gasteiger partial charge < -0.3 is 0 Å². The molecule has 1 fully saturated rings. The van der Waals surface area contributed by atoms with E-state index in [2.05, 4.69) is 6.92 Å². The monoisotopic (exact) mass is 420 g/mol. The van der Waals surface area contributed by atoms with Crippen LogP contribution in [0.4, 0.5) is 13.2 Å². The van der Waals surface area contributed by atoms with Gasteiger partial charge in [0.25, 0.3) is 0 Å². The molecule has 0 spiro atoms. The third kappa shape index (κ3) is 5.66. The molecule has 1 saturated carbocycles. The third-order valence-electron chi connectivity index (χ3n) is 5.12. The Morgan fingerprint density at radius 2 is 1.60 bits per heavy atom. The number of rotatable bonds is 4. The van der Waals surface area contributed by atoms with Gasteiger partial charge in [-0.25, -0.2) is 13.2 Å².